The summed E-state index contributed by atoms with van der Waals surface area (Å²) in [5.41, 5.74) is 23.5. The fourth-order valence-corrected chi connectivity index (χ4v) is 24.4. The first kappa shape index (κ1) is 82.4. The molecule has 5 fully saturated rings. The molecule has 8 aromatic carbocycles. The third kappa shape index (κ3) is 20.0. The van der Waals surface area contributed by atoms with E-state index in [9.17, 15) is 4.57 Å². The Morgan fingerprint density at radius 2 is 0.826 bits per heavy atom. The second-order valence-electron chi connectivity index (χ2n) is 33.3. The number of nitrogens with zero attached hydrogens (tertiary/aromatic N) is 4. The Kier molecular flexibility index (Phi) is 28.1. The van der Waals surface area contributed by atoms with E-state index in [-0.39, 0.29) is 46.9 Å². The van der Waals surface area contributed by atoms with Gasteiger partial charge in [0.2, 0.25) is 6.71 Å². The van der Waals surface area contributed by atoms with Crippen LogP contribution in [-0.4, -0.2) is 42.8 Å². The fourth-order valence-electron chi connectivity index (χ4n) is 18.6. The molecule has 0 atom stereocenters. The van der Waals surface area contributed by atoms with Crippen LogP contribution in [0.5, 0.6) is 0 Å². The van der Waals surface area contributed by atoms with Gasteiger partial charge in [0.25, 0.3) is 0 Å². The van der Waals surface area contributed by atoms with Crippen molar-refractivity contribution in [3.8, 4) is 45.0 Å². The zero-order chi connectivity index (χ0) is 74.8. The normalized spacial score (nSPS) is 17.2. The van der Waals surface area contributed by atoms with Crippen LogP contribution in [0.15, 0.2) is 243 Å². The largest absolute Gasteiger partial charge is 0.310 e. The Morgan fingerprint density at radius 1 is 0.404 bits per heavy atom. The van der Waals surface area contributed by atoms with E-state index in [4.69, 9.17) is 9.97 Å². The van der Waals surface area contributed by atoms with Crippen LogP contribution in [0.4, 0.5) is 0 Å². The van der Waals surface area contributed by atoms with E-state index in [2.05, 4.69) is 188 Å². The van der Waals surface area contributed by atoms with Gasteiger partial charge in [0.15, 0.2) is 7.14 Å². The molecule has 5 aliphatic rings. The van der Waals surface area contributed by atoms with E-state index in [1.807, 2.05) is 158 Å². The van der Waals surface area contributed by atoms with Crippen molar-refractivity contribution in [3.63, 3.8) is 0 Å². The van der Waals surface area contributed by atoms with Gasteiger partial charge in [0.05, 0.1) is 16.1 Å². The van der Waals surface area contributed by atoms with Crippen LogP contribution in [-0.2, 0) is 57.6 Å². The van der Waals surface area contributed by atoms with Gasteiger partial charge in [0, 0.05) is 75.6 Å². The zero-order valence-electron chi connectivity index (χ0n) is 65.9. The molecule has 4 bridgehead atoms. The first-order valence-corrected chi connectivity index (χ1v) is 48.0. The molecule has 0 unspecified atom stereocenters. The molecule has 4 heterocycles. The van der Waals surface area contributed by atoms with Gasteiger partial charge in [-0.2, -0.15) is 5.46 Å². The van der Waals surface area contributed by atoms with Gasteiger partial charge in [-0.05, 0) is 167 Å². The third-order valence-electron chi connectivity index (χ3n) is 23.2. The molecule has 0 N–H and O–H groups in total. The fraction of sp³-hybridized carbons (Fsp3) is 0.306. The van der Waals surface area contributed by atoms with Gasteiger partial charge in [-0.25, -0.2) is 0 Å². The van der Waals surface area contributed by atoms with Gasteiger partial charge in [-0.1, -0.05) is 253 Å². The summed E-state index contributed by atoms with van der Waals surface area (Å²) in [7, 11) is -6.13. The van der Waals surface area contributed by atoms with Crippen LogP contribution in [0.25, 0.3) is 45.0 Å². The van der Waals surface area contributed by atoms with Crippen molar-refractivity contribution >= 4 is 72.7 Å². The molecule has 11 heteroatoms. The molecule has 4 aromatic heterocycles. The molecule has 0 saturated heterocycles. The predicted octanol–water partition coefficient (Wildman–Crippen LogP) is 20.0. The second kappa shape index (κ2) is 37.1. The topological polar surface area (TPSA) is 68.6 Å². The van der Waals surface area contributed by atoms with E-state index in [0.29, 0.717) is 0 Å². The predicted molar refractivity (Wildman–Crippen MR) is 460 cm³/mol. The number of aryl methyl sites for hydroxylation is 6. The molecule has 109 heavy (non-hydrogen) atoms. The molecular weight excluding hydrogens is 1730 g/mol. The first-order valence-electron chi connectivity index (χ1n) is 39.3. The molecule has 5 nitrogen and oxygen atoms in total. The maximum absolute atomic E-state index is 14.9. The summed E-state index contributed by atoms with van der Waals surface area (Å²) in [6, 6.07) is 87.5. The van der Waals surface area contributed by atoms with Crippen LogP contribution in [0.2, 0.25) is 39.3 Å². The minimum atomic E-state index is -3.04. The number of hydrogen-bond donors (Lipinski definition) is 0. The van der Waals surface area contributed by atoms with E-state index >= 15 is 0 Å². The average Bonchev–Trinajstić information content (AvgIpc) is 0.780. The molecule has 17 rings (SSSR count). The number of rotatable bonds is 16. The summed E-state index contributed by atoms with van der Waals surface area (Å²) < 4.78 is 14.9. The SMILES string of the molecule is C[Si](C)(C)c1cnc(-c2[c-]ccc(P(=O)(c3ccccc3)c3ccccc3)c2)cc1CC1CCCCC1.Cc1cc(C)c(B(c2cc[c-]c(-c3cc(CC4C5CC6CC(C5)CC4C6)c([Si](C)(C)C)cn3)c2)c2c(C)cc(C)cc2C)c(C)c1.[Ir].[Ir].[c-]1ccccc1-c1ccccn1.[c-]1ccccc1-c1ccccn1. The Labute approximate surface area is 682 Å². The van der Waals surface area contributed by atoms with Crippen LogP contribution < -0.4 is 42.7 Å². The van der Waals surface area contributed by atoms with Gasteiger partial charge in [0.1, 0.15) is 0 Å². The molecule has 562 valence electrons. The molecule has 5 aliphatic carbocycles. The molecule has 0 spiro atoms. The minimum Gasteiger partial charge on any atom is -0.310 e. The number of pyridine rings is 4. The summed E-state index contributed by atoms with van der Waals surface area (Å²) in [4.78, 5) is 18.6. The molecule has 2 radical (unpaired) electrons. The maximum Gasteiger partial charge on any atom is 0.224 e. The van der Waals surface area contributed by atoms with E-state index in [1.54, 1.807) is 23.1 Å². The number of benzene rings is 8. The zero-order valence-corrected chi connectivity index (χ0v) is 73.6. The van der Waals surface area contributed by atoms with Crippen molar-refractivity contribution in [2.24, 2.45) is 35.5 Å². The molecule has 12 aromatic rings. The van der Waals surface area contributed by atoms with Gasteiger partial charge >= 0.3 is 0 Å². The van der Waals surface area contributed by atoms with Crippen molar-refractivity contribution in [1.29, 1.82) is 0 Å². The average molecular weight is 1840 g/mol. The minimum absolute atomic E-state index is 0. The van der Waals surface area contributed by atoms with Gasteiger partial charge in [-0.3, -0.25) is 0 Å². The van der Waals surface area contributed by atoms with E-state index < -0.39 is 23.3 Å². The maximum atomic E-state index is 14.9. The summed E-state index contributed by atoms with van der Waals surface area (Å²) in [5, 5.41) is 5.55. The summed E-state index contributed by atoms with van der Waals surface area (Å²) in [6.07, 6.45) is 24.6. The summed E-state index contributed by atoms with van der Waals surface area (Å²) in [6.45, 7) is 28.5. The van der Waals surface area contributed by atoms with Gasteiger partial charge < -0.3 is 24.5 Å². The van der Waals surface area contributed by atoms with Crippen molar-refractivity contribution in [1.82, 2.24) is 19.9 Å². The van der Waals surface area contributed by atoms with E-state index in [1.165, 1.54) is 131 Å². The molecule has 5 saturated carbocycles. The summed E-state index contributed by atoms with van der Waals surface area (Å²) in [5.74, 6) is 5.56. The number of hydrogen-bond acceptors (Lipinski definition) is 5. The molecule has 0 aliphatic heterocycles. The summed E-state index contributed by atoms with van der Waals surface area (Å²) >= 11 is 0. The quantitative estimate of drug-likeness (QED) is 0.0548. The van der Waals surface area contributed by atoms with Crippen molar-refractivity contribution in [2.45, 2.75) is 158 Å². The smallest absolute Gasteiger partial charge is 0.224 e. The number of aromatic nitrogens is 4. The molecule has 0 amide bonds. The Balaban J connectivity index is 0.000000165. The Bertz CT molecular complexity index is 4690. The Morgan fingerprint density at radius 3 is 1.26 bits per heavy atom. The standard InChI is InChI=1S/C43H53BNSi.C33H37NOPSi.2C11H8N.2Ir/c1-26-13-28(3)42(29(4)14-26)44(43-30(5)15-27(2)16-31(43)6)38-12-10-11-34(22-38)40-24-37(41(25-45-40)46(7,8)9)23-39-35-18-32-17-33(20-35)21-36(39)19-32;1-37(2,3)33-25-34-32(24-28(33)22-26-14-7-4-8-15-26)27-16-13-21-31(23-27)36(35,29-17-9-5-10-18-29)30-19-11-6-12-20-30;2*1-2-6-10(7-3-1)11-8-4-5-9-12-11;;/h10,12-16,22,24-25,32-33,35-36,39H,17-21,23H2,1-9H3;5-6,9-13,17-21,23-26H,4,7-8,14-15,22H2,1-3H3;2*1-6,8-9H;;/q4*-1;;. The monoisotopic (exact) mass is 1840 g/mol. The first-order chi connectivity index (χ1) is 51.6. The van der Waals surface area contributed by atoms with Crippen LogP contribution >= 0.6 is 7.14 Å². The Hall–Kier alpha value is -7.61. The second-order valence-corrected chi connectivity index (χ2v) is 46.1. The van der Waals surface area contributed by atoms with Crippen molar-refractivity contribution in [3.05, 3.63) is 312 Å². The molecular formula is C98H106BIr2N4OPSi2-4. The van der Waals surface area contributed by atoms with Crippen LogP contribution in [0.3, 0.4) is 0 Å². The third-order valence-corrected chi connectivity index (χ3v) is 30.3. The van der Waals surface area contributed by atoms with Crippen molar-refractivity contribution in [2.75, 3.05) is 0 Å². The van der Waals surface area contributed by atoms with Crippen LogP contribution in [0.1, 0.15) is 109 Å². The van der Waals surface area contributed by atoms with Crippen molar-refractivity contribution < 1.29 is 44.8 Å². The van der Waals surface area contributed by atoms with Gasteiger partial charge in [-0.15, -0.1) is 131 Å². The van der Waals surface area contributed by atoms with E-state index in [0.717, 1.165) is 103 Å². The van der Waals surface area contributed by atoms with Crippen LogP contribution in [0, 0.1) is 101 Å².